The minimum atomic E-state index is -0.629. The van der Waals surface area contributed by atoms with E-state index >= 15 is 0 Å². The van der Waals surface area contributed by atoms with Crippen molar-refractivity contribution in [2.75, 3.05) is 18.0 Å². The molecule has 1 aliphatic rings. The fourth-order valence-corrected chi connectivity index (χ4v) is 2.50. The molecule has 3 N–H and O–H groups in total. The molecule has 23 heavy (non-hydrogen) atoms. The van der Waals surface area contributed by atoms with Gasteiger partial charge in [0.15, 0.2) is 0 Å². The number of hydrogen-bond acceptors (Lipinski definition) is 3. The lowest BCUT2D eigenvalue weighted by Gasteiger charge is -2.29. The highest BCUT2D eigenvalue weighted by Gasteiger charge is 2.24. The van der Waals surface area contributed by atoms with Crippen molar-refractivity contribution in [3.8, 4) is 0 Å². The summed E-state index contributed by atoms with van der Waals surface area (Å²) < 4.78 is 13.3. The van der Waals surface area contributed by atoms with Crippen LogP contribution in [0.3, 0.4) is 0 Å². The molecule has 0 saturated carbocycles. The van der Waals surface area contributed by atoms with E-state index in [2.05, 4.69) is 5.32 Å². The predicted molar refractivity (Wildman–Crippen MR) is 90.1 cm³/mol. The van der Waals surface area contributed by atoms with E-state index in [-0.39, 0.29) is 42.5 Å². The lowest BCUT2D eigenvalue weighted by Crippen LogP contribution is -2.48. The van der Waals surface area contributed by atoms with E-state index in [9.17, 15) is 14.0 Å². The van der Waals surface area contributed by atoms with Gasteiger partial charge >= 0.3 is 0 Å². The summed E-state index contributed by atoms with van der Waals surface area (Å²) in [5, 5.41) is 2.57. The molecular weight excluding hydrogens is 321 g/mol. The van der Waals surface area contributed by atoms with E-state index < -0.39 is 6.04 Å². The quantitative estimate of drug-likeness (QED) is 0.872. The summed E-state index contributed by atoms with van der Waals surface area (Å²) in [7, 11) is 0. The number of amides is 2. The number of nitrogens with two attached hydrogens (primary N) is 1. The molecule has 1 aromatic carbocycles. The Morgan fingerprint density at radius 3 is 2.74 bits per heavy atom. The van der Waals surface area contributed by atoms with E-state index in [1.165, 1.54) is 12.1 Å². The zero-order valence-corrected chi connectivity index (χ0v) is 14.2. The average Bonchev–Trinajstić information content (AvgIpc) is 2.50. The Labute approximate surface area is 141 Å². The molecule has 0 bridgehead atoms. The minimum Gasteiger partial charge on any atom is -0.346 e. The van der Waals surface area contributed by atoms with Gasteiger partial charge in [-0.25, -0.2) is 4.39 Å². The van der Waals surface area contributed by atoms with E-state index in [1.54, 1.807) is 11.0 Å². The van der Waals surface area contributed by atoms with Crippen molar-refractivity contribution in [3.63, 3.8) is 0 Å². The van der Waals surface area contributed by atoms with Crippen molar-refractivity contribution >= 4 is 29.9 Å². The molecule has 1 heterocycles. The lowest BCUT2D eigenvalue weighted by molar-refractivity contribution is -0.126. The van der Waals surface area contributed by atoms with Gasteiger partial charge < -0.3 is 16.0 Å². The lowest BCUT2D eigenvalue weighted by atomic mass is 10.0. The fourth-order valence-electron chi connectivity index (χ4n) is 2.50. The topological polar surface area (TPSA) is 75.4 Å². The molecule has 128 valence electrons. The predicted octanol–water partition coefficient (Wildman–Crippen LogP) is 1.63. The molecule has 0 fully saturated rings. The molecule has 0 unspecified atom stereocenters. The number of nitrogens with one attached hydrogen (secondary N) is 1. The van der Waals surface area contributed by atoms with Gasteiger partial charge in [0.25, 0.3) is 0 Å². The summed E-state index contributed by atoms with van der Waals surface area (Å²) in [5.74, 6) is -0.838. The zero-order valence-electron chi connectivity index (χ0n) is 13.3. The number of benzene rings is 1. The van der Waals surface area contributed by atoms with Crippen LogP contribution in [0.5, 0.6) is 0 Å². The van der Waals surface area contributed by atoms with Crippen LogP contribution in [0.2, 0.25) is 0 Å². The smallest absolute Gasteiger partial charge is 0.246 e. The summed E-state index contributed by atoms with van der Waals surface area (Å²) in [6.45, 7) is 4.17. The van der Waals surface area contributed by atoms with Crippen molar-refractivity contribution in [1.29, 1.82) is 0 Å². The second-order valence-electron chi connectivity index (χ2n) is 5.91. The van der Waals surface area contributed by atoms with Crippen molar-refractivity contribution in [2.45, 2.75) is 32.7 Å². The van der Waals surface area contributed by atoms with Crippen molar-refractivity contribution in [2.24, 2.45) is 11.7 Å². The third-order valence-corrected chi connectivity index (χ3v) is 3.90. The first-order valence-electron chi connectivity index (χ1n) is 7.52. The third-order valence-electron chi connectivity index (χ3n) is 3.90. The van der Waals surface area contributed by atoms with Gasteiger partial charge in [-0.1, -0.05) is 13.8 Å². The molecule has 5 nitrogen and oxygen atoms in total. The van der Waals surface area contributed by atoms with Crippen LogP contribution in [0.4, 0.5) is 10.1 Å². The van der Waals surface area contributed by atoms with E-state index in [0.29, 0.717) is 6.54 Å². The molecule has 0 radical (unpaired) electrons. The Morgan fingerprint density at radius 1 is 1.39 bits per heavy atom. The zero-order chi connectivity index (χ0) is 16.3. The summed E-state index contributed by atoms with van der Waals surface area (Å²) in [6.07, 6.45) is 1.53. The largest absolute Gasteiger partial charge is 0.346 e. The maximum absolute atomic E-state index is 13.3. The molecule has 7 heteroatoms. The van der Waals surface area contributed by atoms with Crippen LogP contribution in [-0.4, -0.2) is 30.9 Å². The second-order valence-corrected chi connectivity index (χ2v) is 5.91. The molecular formula is C16H23ClFN3O2. The van der Waals surface area contributed by atoms with Gasteiger partial charge in [0.05, 0.1) is 12.6 Å². The van der Waals surface area contributed by atoms with Gasteiger partial charge in [-0.2, -0.15) is 0 Å². The number of rotatable bonds is 4. The summed E-state index contributed by atoms with van der Waals surface area (Å²) >= 11 is 0. The normalized spacial score (nSPS) is 14.7. The number of halogens is 2. The first-order chi connectivity index (χ1) is 10.4. The van der Waals surface area contributed by atoms with Crippen LogP contribution in [0.1, 0.15) is 25.8 Å². The molecule has 1 atom stereocenters. The van der Waals surface area contributed by atoms with Gasteiger partial charge in [-0.15, -0.1) is 12.4 Å². The van der Waals surface area contributed by atoms with Crippen LogP contribution in [-0.2, 0) is 16.0 Å². The molecule has 0 aliphatic carbocycles. The van der Waals surface area contributed by atoms with Crippen LogP contribution < -0.4 is 16.0 Å². The van der Waals surface area contributed by atoms with Crippen LogP contribution in [0, 0.1) is 11.7 Å². The van der Waals surface area contributed by atoms with Crippen LogP contribution >= 0.6 is 12.4 Å². The van der Waals surface area contributed by atoms with Crippen molar-refractivity contribution in [3.05, 3.63) is 29.6 Å². The van der Waals surface area contributed by atoms with E-state index in [0.717, 1.165) is 24.1 Å². The first-order valence-corrected chi connectivity index (χ1v) is 7.52. The van der Waals surface area contributed by atoms with Crippen molar-refractivity contribution in [1.82, 2.24) is 5.32 Å². The maximum atomic E-state index is 13.3. The number of fused-ring (bicyclic) bond motifs is 1. The Morgan fingerprint density at radius 2 is 2.09 bits per heavy atom. The van der Waals surface area contributed by atoms with E-state index in [4.69, 9.17) is 5.73 Å². The van der Waals surface area contributed by atoms with Crippen LogP contribution in [0.25, 0.3) is 0 Å². The number of hydrogen-bond donors (Lipinski definition) is 2. The number of anilines is 1. The van der Waals surface area contributed by atoms with Crippen LogP contribution in [0.15, 0.2) is 18.2 Å². The number of carbonyl (C=O) groups is 2. The Hall–Kier alpha value is -1.66. The summed E-state index contributed by atoms with van der Waals surface area (Å²) in [6, 6.07) is 3.79. The van der Waals surface area contributed by atoms with Gasteiger partial charge in [-0.3, -0.25) is 9.59 Å². The molecule has 2 amide bonds. The molecule has 1 aromatic rings. The number of nitrogens with zero attached hydrogens (tertiary/aromatic N) is 1. The van der Waals surface area contributed by atoms with Gasteiger partial charge in [0, 0.05) is 12.2 Å². The summed E-state index contributed by atoms with van der Waals surface area (Å²) in [5.41, 5.74) is 7.29. The summed E-state index contributed by atoms with van der Waals surface area (Å²) in [4.78, 5) is 25.7. The standard InChI is InChI=1S/C16H22FN3O2.ClH/c1-10(2)15(18)16(22)19-9-14(21)20-7-3-4-11-8-12(17)5-6-13(11)20;/h5-6,8,10,15H,3-4,7,9,18H2,1-2H3,(H,19,22);1H/t15-;/m0./s1. The van der Waals surface area contributed by atoms with Crippen molar-refractivity contribution < 1.29 is 14.0 Å². The number of aryl methyl sites for hydroxylation is 1. The monoisotopic (exact) mass is 343 g/mol. The Kier molecular flexibility index (Phi) is 6.97. The SMILES string of the molecule is CC(C)[C@H](N)C(=O)NCC(=O)N1CCCc2cc(F)ccc21.Cl. The first kappa shape index (κ1) is 19.4. The average molecular weight is 344 g/mol. The molecule has 2 rings (SSSR count). The highest BCUT2D eigenvalue weighted by atomic mass is 35.5. The highest BCUT2D eigenvalue weighted by Crippen LogP contribution is 2.27. The van der Waals surface area contributed by atoms with Gasteiger partial charge in [0.2, 0.25) is 11.8 Å². The van der Waals surface area contributed by atoms with E-state index in [1.807, 2.05) is 13.8 Å². The Bertz CT molecular complexity index is 580. The molecule has 0 spiro atoms. The maximum Gasteiger partial charge on any atom is 0.246 e. The van der Waals surface area contributed by atoms with Gasteiger partial charge in [-0.05, 0) is 42.5 Å². The fraction of sp³-hybridized carbons (Fsp3) is 0.500. The van der Waals surface area contributed by atoms with Gasteiger partial charge in [0.1, 0.15) is 5.82 Å². The molecule has 0 aromatic heterocycles. The third kappa shape index (κ3) is 4.65. The second kappa shape index (κ2) is 8.26. The Balaban J connectivity index is 0.00000264. The molecule has 1 aliphatic heterocycles. The highest BCUT2D eigenvalue weighted by molar-refractivity contribution is 5.98. The number of carbonyl (C=O) groups excluding carboxylic acids is 2. The molecule has 0 saturated heterocycles. The minimum absolute atomic E-state index is 0.